The highest BCUT2D eigenvalue weighted by atomic mass is 32.1. The number of esters is 1. The average molecular weight is 372 g/mol. The molecule has 3 rings (SSSR count). The van der Waals surface area contributed by atoms with E-state index in [1.165, 1.54) is 36.6 Å². The lowest BCUT2D eigenvalue weighted by Gasteiger charge is -2.04. The molecule has 1 aromatic heterocycles. The van der Waals surface area contributed by atoms with Gasteiger partial charge in [0, 0.05) is 6.54 Å². The van der Waals surface area contributed by atoms with Gasteiger partial charge in [-0.05, 0) is 36.8 Å². The number of amides is 1. The van der Waals surface area contributed by atoms with Crippen molar-refractivity contribution in [3.8, 4) is 0 Å². The van der Waals surface area contributed by atoms with E-state index in [9.17, 15) is 14.0 Å². The van der Waals surface area contributed by atoms with Crippen LogP contribution in [0.5, 0.6) is 0 Å². The first-order valence-corrected chi connectivity index (χ1v) is 8.81. The molecule has 0 unspecified atom stereocenters. The van der Waals surface area contributed by atoms with Gasteiger partial charge in [-0.15, -0.1) is 0 Å². The smallest absolute Gasteiger partial charge is 0.307 e. The Kier molecular flexibility index (Phi) is 5.27. The SMILES string of the molecule is COC(=O)CCn1c(=NC(=O)c2ccccc2F)sc2cc(C)ccc21. The summed E-state index contributed by atoms with van der Waals surface area (Å²) in [5, 5.41) is 0. The Balaban J connectivity index is 2.10. The lowest BCUT2D eigenvalue weighted by atomic mass is 10.2. The van der Waals surface area contributed by atoms with Crippen molar-refractivity contribution in [2.24, 2.45) is 4.99 Å². The zero-order valence-corrected chi connectivity index (χ0v) is 15.2. The molecule has 0 radical (unpaired) electrons. The summed E-state index contributed by atoms with van der Waals surface area (Å²) in [6.45, 7) is 2.29. The summed E-state index contributed by atoms with van der Waals surface area (Å²) < 4.78 is 21.3. The minimum Gasteiger partial charge on any atom is -0.469 e. The molecule has 7 heteroatoms. The number of hydrogen-bond donors (Lipinski definition) is 0. The fourth-order valence-corrected chi connectivity index (χ4v) is 3.72. The van der Waals surface area contributed by atoms with Gasteiger partial charge in [0.05, 0.1) is 29.3 Å². The Labute approximate surface area is 153 Å². The van der Waals surface area contributed by atoms with Crippen LogP contribution in [0, 0.1) is 12.7 Å². The van der Waals surface area contributed by atoms with Gasteiger partial charge >= 0.3 is 5.97 Å². The van der Waals surface area contributed by atoms with Crippen LogP contribution in [-0.2, 0) is 16.1 Å². The van der Waals surface area contributed by atoms with Gasteiger partial charge in [0.25, 0.3) is 5.91 Å². The van der Waals surface area contributed by atoms with Crippen molar-refractivity contribution < 1.29 is 18.7 Å². The molecular weight excluding hydrogens is 355 g/mol. The monoisotopic (exact) mass is 372 g/mol. The molecule has 0 N–H and O–H groups in total. The normalized spacial score (nSPS) is 11.7. The molecule has 26 heavy (non-hydrogen) atoms. The zero-order chi connectivity index (χ0) is 18.7. The molecule has 0 saturated heterocycles. The molecule has 2 aromatic carbocycles. The first kappa shape index (κ1) is 18.0. The number of rotatable bonds is 4. The fraction of sp³-hybridized carbons (Fsp3) is 0.211. The van der Waals surface area contributed by atoms with Crippen LogP contribution in [0.25, 0.3) is 10.2 Å². The quantitative estimate of drug-likeness (QED) is 0.659. The fourth-order valence-electron chi connectivity index (χ4n) is 2.57. The summed E-state index contributed by atoms with van der Waals surface area (Å²) in [4.78, 5) is 28.5. The first-order chi connectivity index (χ1) is 12.5. The molecule has 0 bridgehead atoms. The summed E-state index contributed by atoms with van der Waals surface area (Å²) in [5.41, 5.74) is 1.86. The summed E-state index contributed by atoms with van der Waals surface area (Å²) >= 11 is 1.33. The van der Waals surface area contributed by atoms with Crippen molar-refractivity contribution in [3.05, 3.63) is 64.2 Å². The Morgan fingerprint density at radius 1 is 1.23 bits per heavy atom. The largest absolute Gasteiger partial charge is 0.469 e. The Hall–Kier alpha value is -2.80. The molecule has 0 atom stereocenters. The molecule has 0 aliphatic heterocycles. The van der Waals surface area contributed by atoms with Crippen molar-refractivity contribution in [2.75, 3.05) is 7.11 Å². The number of methoxy groups -OCH3 is 1. The van der Waals surface area contributed by atoms with E-state index in [-0.39, 0.29) is 18.0 Å². The highest BCUT2D eigenvalue weighted by molar-refractivity contribution is 7.16. The molecule has 0 fully saturated rings. The first-order valence-electron chi connectivity index (χ1n) is 8.00. The summed E-state index contributed by atoms with van der Waals surface area (Å²) in [6.07, 6.45) is 0.150. The Morgan fingerprint density at radius 3 is 2.73 bits per heavy atom. The van der Waals surface area contributed by atoms with Gasteiger partial charge < -0.3 is 9.30 Å². The molecule has 0 aliphatic carbocycles. The van der Waals surface area contributed by atoms with Crippen molar-refractivity contribution in [1.82, 2.24) is 4.57 Å². The van der Waals surface area contributed by atoms with Crippen molar-refractivity contribution in [1.29, 1.82) is 0 Å². The summed E-state index contributed by atoms with van der Waals surface area (Å²) in [7, 11) is 1.33. The third-order valence-electron chi connectivity index (χ3n) is 3.91. The lowest BCUT2D eigenvalue weighted by molar-refractivity contribution is -0.140. The second-order valence-corrected chi connectivity index (χ2v) is 6.74. The van der Waals surface area contributed by atoms with E-state index in [4.69, 9.17) is 0 Å². The molecule has 1 amide bonds. The maximum Gasteiger partial charge on any atom is 0.307 e. The number of carbonyl (C=O) groups excluding carboxylic acids is 2. The lowest BCUT2D eigenvalue weighted by Crippen LogP contribution is -2.19. The average Bonchev–Trinajstić information content (AvgIpc) is 2.95. The van der Waals surface area contributed by atoms with Crippen LogP contribution in [0.1, 0.15) is 22.3 Å². The minimum absolute atomic E-state index is 0.0827. The van der Waals surface area contributed by atoms with Gasteiger partial charge in [-0.2, -0.15) is 4.99 Å². The second kappa shape index (κ2) is 7.61. The van der Waals surface area contributed by atoms with Crippen molar-refractivity contribution >= 4 is 33.4 Å². The van der Waals surface area contributed by atoms with E-state index >= 15 is 0 Å². The maximum atomic E-state index is 13.9. The van der Waals surface area contributed by atoms with Crippen molar-refractivity contribution in [3.63, 3.8) is 0 Å². The van der Waals surface area contributed by atoms with E-state index in [1.807, 2.05) is 25.1 Å². The van der Waals surface area contributed by atoms with E-state index in [1.54, 1.807) is 10.6 Å². The molecule has 134 valence electrons. The highest BCUT2D eigenvalue weighted by Crippen LogP contribution is 2.19. The van der Waals surface area contributed by atoms with Crippen molar-refractivity contribution in [2.45, 2.75) is 19.9 Å². The van der Waals surface area contributed by atoms with Gasteiger partial charge in [-0.3, -0.25) is 9.59 Å². The van der Waals surface area contributed by atoms with Gasteiger partial charge in [0.15, 0.2) is 4.80 Å². The number of nitrogens with zero attached hydrogens (tertiary/aromatic N) is 2. The van der Waals surface area contributed by atoms with E-state index in [0.717, 1.165) is 15.8 Å². The van der Waals surface area contributed by atoms with Crippen LogP contribution in [0.3, 0.4) is 0 Å². The number of fused-ring (bicyclic) bond motifs is 1. The number of carbonyl (C=O) groups is 2. The molecule has 1 heterocycles. The van der Waals surface area contributed by atoms with E-state index in [2.05, 4.69) is 9.73 Å². The molecule has 0 saturated carbocycles. The molecule has 5 nitrogen and oxygen atoms in total. The standard InChI is InChI=1S/C19H17FN2O3S/c1-12-7-8-15-16(11-12)26-19(22(15)10-9-17(23)25-2)21-18(24)13-5-3-4-6-14(13)20/h3-8,11H,9-10H2,1-2H3. The number of aromatic nitrogens is 1. The van der Waals surface area contributed by atoms with Gasteiger partial charge in [-0.1, -0.05) is 29.5 Å². The number of halogens is 1. The summed E-state index contributed by atoms with van der Waals surface area (Å²) in [5.74, 6) is -1.62. The third kappa shape index (κ3) is 3.72. The minimum atomic E-state index is -0.654. The van der Waals surface area contributed by atoms with E-state index in [0.29, 0.717) is 11.3 Å². The van der Waals surface area contributed by atoms with E-state index < -0.39 is 11.7 Å². The highest BCUT2D eigenvalue weighted by Gasteiger charge is 2.13. The molecule has 0 spiro atoms. The third-order valence-corrected chi connectivity index (χ3v) is 4.95. The molecule has 3 aromatic rings. The number of aryl methyl sites for hydroxylation is 2. The predicted molar refractivity (Wildman–Crippen MR) is 97.5 cm³/mol. The van der Waals surface area contributed by atoms with Gasteiger partial charge in [-0.25, -0.2) is 4.39 Å². The Morgan fingerprint density at radius 2 is 2.00 bits per heavy atom. The van der Waals surface area contributed by atoms with Gasteiger partial charge in [0.2, 0.25) is 0 Å². The van der Waals surface area contributed by atoms with Crippen LogP contribution in [-0.4, -0.2) is 23.6 Å². The molecular formula is C19H17FN2O3S. The number of ether oxygens (including phenoxy) is 1. The number of benzene rings is 2. The van der Waals surface area contributed by atoms with Crippen LogP contribution < -0.4 is 4.80 Å². The van der Waals surface area contributed by atoms with Crippen LogP contribution in [0.4, 0.5) is 4.39 Å². The summed E-state index contributed by atoms with van der Waals surface area (Å²) in [6, 6.07) is 11.6. The Bertz CT molecular complexity index is 1050. The second-order valence-electron chi connectivity index (χ2n) is 5.73. The van der Waals surface area contributed by atoms with Crippen LogP contribution in [0.15, 0.2) is 47.5 Å². The number of hydrogen-bond acceptors (Lipinski definition) is 4. The maximum absolute atomic E-state index is 13.9. The predicted octanol–water partition coefficient (Wildman–Crippen LogP) is 3.45. The van der Waals surface area contributed by atoms with Crippen LogP contribution >= 0.6 is 11.3 Å². The van der Waals surface area contributed by atoms with Crippen LogP contribution in [0.2, 0.25) is 0 Å². The zero-order valence-electron chi connectivity index (χ0n) is 14.4. The van der Waals surface area contributed by atoms with Gasteiger partial charge in [0.1, 0.15) is 5.82 Å². The molecule has 0 aliphatic rings. The number of thiazole rings is 1. The topological polar surface area (TPSA) is 60.7 Å².